The van der Waals surface area contributed by atoms with Crippen LogP contribution in [0.4, 0.5) is 0 Å². The summed E-state index contributed by atoms with van der Waals surface area (Å²) in [7, 11) is 0. The largest absolute Gasteiger partial charge is 0.325 e. The summed E-state index contributed by atoms with van der Waals surface area (Å²) in [6, 6.07) is 8.65. The molecule has 1 aromatic carbocycles. The number of nitrogens with two attached hydrogens (primary N) is 1. The first kappa shape index (κ1) is 9.41. The Hall–Kier alpha value is -0.820. The molecule has 0 aliphatic heterocycles. The molecule has 2 aliphatic carbocycles. The van der Waals surface area contributed by atoms with Crippen LogP contribution in [-0.2, 0) is 6.42 Å². The highest BCUT2D eigenvalue weighted by atomic mass is 14.9. The minimum atomic E-state index is 0.146. The molecule has 15 heavy (non-hydrogen) atoms. The lowest BCUT2D eigenvalue weighted by molar-refractivity contribution is 0.547. The van der Waals surface area contributed by atoms with E-state index in [2.05, 4.69) is 31.2 Å². The number of benzene rings is 1. The maximum Gasteiger partial charge on any atom is 0.0230 e. The van der Waals surface area contributed by atoms with Crippen molar-refractivity contribution in [2.75, 3.05) is 0 Å². The molecule has 1 heteroatoms. The van der Waals surface area contributed by atoms with Crippen molar-refractivity contribution in [1.82, 2.24) is 0 Å². The van der Waals surface area contributed by atoms with Crippen LogP contribution < -0.4 is 5.73 Å². The molecule has 3 rings (SSSR count). The first-order chi connectivity index (χ1) is 7.19. The predicted octanol–water partition coefficient (Wildman–Crippen LogP) is 2.66. The lowest BCUT2D eigenvalue weighted by atomic mass is 9.98. The molecule has 2 saturated carbocycles. The van der Waals surface area contributed by atoms with Gasteiger partial charge < -0.3 is 5.73 Å². The predicted molar refractivity (Wildman–Crippen MR) is 62.6 cm³/mol. The zero-order chi connectivity index (χ0) is 10.5. The second-order valence-corrected chi connectivity index (χ2v) is 5.48. The molecule has 1 nitrogen and oxygen atoms in total. The Morgan fingerprint density at radius 1 is 1.33 bits per heavy atom. The van der Waals surface area contributed by atoms with E-state index in [0.717, 1.165) is 18.3 Å². The van der Waals surface area contributed by atoms with Gasteiger partial charge in [0.05, 0.1) is 0 Å². The van der Waals surface area contributed by atoms with Gasteiger partial charge in [0.15, 0.2) is 0 Å². The van der Waals surface area contributed by atoms with Crippen LogP contribution in [0.2, 0.25) is 0 Å². The monoisotopic (exact) mass is 201 g/mol. The third-order valence-electron chi connectivity index (χ3n) is 4.15. The van der Waals surface area contributed by atoms with E-state index in [9.17, 15) is 0 Å². The van der Waals surface area contributed by atoms with Gasteiger partial charge >= 0.3 is 0 Å². The third kappa shape index (κ3) is 1.69. The fourth-order valence-corrected chi connectivity index (χ4v) is 2.85. The average Bonchev–Trinajstić information content (AvgIpc) is 3.05. The van der Waals surface area contributed by atoms with E-state index >= 15 is 0 Å². The molecule has 2 fully saturated rings. The Kier molecular flexibility index (Phi) is 1.93. The maximum absolute atomic E-state index is 6.43. The molecular weight excluding hydrogens is 182 g/mol. The number of aryl methyl sites for hydroxylation is 1. The highest BCUT2D eigenvalue weighted by molar-refractivity contribution is 5.30. The lowest BCUT2D eigenvalue weighted by Gasteiger charge is -2.13. The third-order valence-corrected chi connectivity index (χ3v) is 4.15. The average molecular weight is 201 g/mol. The molecule has 1 aromatic rings. The normalized spacial score (nSPS) is 34.1. The van der Waals surface area contributed by atoms with Crippen molar-refractivity contribution in [2.45, 2.75) is 38.1 Å². The highest BCUT2D eigenvalue weighted by Crippen LogP contribution is 2.56. The first-order valence-electron chi connectivity index (χ1n) is 6.02. The smallest absolute Gasteiger partial charge is 0.0230 e. The molecule has 2 aliphatic rings. The molecule has 80 valence electrons. The second-order valence-electron chi connectivity index (χ2n) is 5.48. The van der Waals surface area contributed by atoms with Gasteiger partial charge in [0.2, 0.25) is 0 Å². The first-order valence-corrected chi connectivity index (χ1v) is 6.02. The van der Waals surface area contributed by atoms with E-state index in [1.54, 1.807) is 0 Å². The van der Waals surface area contributed by atoms with Crippen molar-refractivity contribution >= 4 is 0 Å². The zero-order valence-corrected chi connectivity index (χ0v) is 9.37. The molecule has 2 atom stereocenters. The van der Waals surface area contributed by atoms with Crippen LogP contribution in [0.3, 0.4) is 0 Å². The Morgan fingerprint density at radius 3 is 2.73 bits per heavy atom. The van der Waals surface area contributed by atoms with Crippen LogP contribution in [0, 0.1) is 18.8 Å². The summed E-state index contributed by atoms with van der Waals surface area (Å²) in [4.78, 5) is 0. The van der Waals surface area contributed by atoms with Crippen LogP contribution in [0.25, 0.3) is 0 Å². The van der Waals surface area contributed by atoms with Crippen molar-refractivity contribution in [1.29, 1.82) is 0 Å². The van der Waals surface area contributed by atoms with Crippen molar-refractivity contribution < 1.29 is 0 Å². The summed E-state index contributed by atoms with van der Waals surface area (Å²) in [5.74, 6) is 1.80. The van der Waals surface area contributed by atoms with E-state index < -0.39 is 0 Å². The second kappa shape index (κ2) is 3.08. The SMILES string of the molecule is Cc1ccccc1CC1(N)CC1C1CC1. The standard InChI is InChI=1S/C14H19N/c1-10-4-2-3-5-12(10)8-14(15)9-13(14)11-6-7-11/h2-5,11,13H,6-9,15H2,1H3. The molecular formula is C14H19N. The van der Waals surface area contributed by atoms with Crippen LogP contribution >= 0.6 is 0 Å². The fourth-order valence-electron chi connectivity index (χ4n) is 2.85. The van der Waals surface area contributed by atoms with Crippen LogP contribution in [0.5, 0.6) is 0 Å². The van der Waals surface area contributed by atoms with E-state index in [4.69, 9.17) is 5.73 Å². The Labute approximate surface area is 91.7 Å². The lowest BCUT2D eigenvalue weighted by Crippen LogP contribution is -2.28. The van der Waals surface area contributed by atoms with E-state index in [1.807, 2.05) is 0 Å². The number of hydrogen-bond donors (Lipinski definition) is 1. The van der Waals surface area contributed by atoms with E-state index in [1.165, 1.54) is 30.4 Å². The van der Waals surface area contributed by atoms with Gasteiger partial charge in [0.1, 0.15) is 0 Å². The van der Waals surface area contributed by atoms with Gasteiger partial charge in [-0.2, -0.15) is 0 Å². The summed E-state index contributed by atoms with van der Waals surface area (Å²) in [6.45, 7) is 2.19. The molecule has 0 saturated heterocycles. The number of rotatable bonds is 3. The van der Waals surface area contributed by atoms with Gasteiger partial charge in [0, 0.05) is 5.54 Å². The Bertz CT molecular complexity index is 381. The van der Waals surface area contributed by atoms with Crippen molar-refractivity contribution in [2.24, 2.45) is 17.6 Å². The van der Waals surface area contributed by atoms with Crippen LogP contribution in [0.15, 0.2) is 24.3 Å². The summed E-state index contributed by atoms with van der Waals surface area (Å²) in [6.07, 6.45) is 5.20. The van der Waals surface area contributed by atoms with E-state index in [0.29, 0.717) is 0 Å². The molecule has 0 bridgehead atoms. The topological polar surface area (TPSA) is 26.0 Å². The fraction of sp³-hybridized carbons (Fsp3) is 0.571. The molecule has 0 spiro atoms. The van der Waals surface area contributed by atoms with Gasteiger partial charge in [-0.3, -0.25) is 0 Å². The Balaban J connectivity index is 1.73. The molecule has 0 radical (unpaired) electrons. The molecule has 2 unspecified atom stereocenters. The van der Waals surface area contributed by atoms with E-state index in [-0.39, 0.29) is 5.54 Å². The minimum Gasteiger partial charge on any atom is -0.325 e. The zero-order valence-electron chi connectivity index (χ0n) is 9.37. The molecule has 2 N–H and O–H groups in total. The summed E-state index contributed by atoms with van der Waals surface area (Å²) in [5.41, 5.74) is 9.42. The van der Waals surface area contributed by atoms with Gasteiger partial charge in [-0.15, -0.1) is 0 Å². The van der Waals surface area contributed by atoms with Gasteiger partial charge in [-0.05, 0) is 55.6 Å². The quantitative estimate of drug-likeness (QED) is 0.799. The Morgan fingerprint density at radius 2 is 2.07 bits per heavy atom. The summed E-state index contributed by atoms with van der Waals surface area (Å²) >= 11 is 0. The van der Waals surface area contributed by atoms with Crippen molar-refractivity contribution in [3.05, 3.63) is 35.4 Å². The van der Waals surface area contributed by atoms with Gasteiger partial charge in [0.25, 0.3) is 0 Å². The summed E-state index contributed by atoms with van der Waals surface area (Å²) < 4.78 is 0. The molecule has 0 heterocycles. The maximum atomic E-state index is 6.43. The van der Waals surface area contributed by atoms with Gasteiger partial charge in [-0.25, -0.2) is 0 Å². The van der Waals surface area contributed by atoms with Crippen LogP contribution in [-0.4, -0.2) is 5.54 Å². The van der Waals surface area contributed by atoms with Crippen LogP contribution in [0.1, 0.15) is 30.4 Å². The van der Waals surface area contributed by atoms with Gasteiger partial charge in [-0.1, -0.05) is 24.3 Å². The summed E-state index contributed by atoms with van der Waals surface area (Å²) in [5, 5.41) is 0. The molecule has 0 aromatic heterocycles. The molecule has 0 amide bonds. The highest BCUT2D eigenvalue weighted by Gasteiger charge is 2.57. The number of hydrogen-bond acceptors (Lipinski definition) is 1. The minimum absolute atomic E-state index is 0.146. The van der Waals surface area contributed by atoms with Crippen molar-refractivity contribution in [3.8, 4) is 0 Å². The van der Waals surface area contributed by atoms with Crippen molar-refractivity contribution in [3.63, 3.8) is 0 Å².